The molecule has 3 N–H and O–H groups in total. The molecule has 0 fully saturated rings. The Morgan fingerprint density at radius 3 is 2.62 bits per heavy atom. The zero-order valence-electron chi connectivity index (χ0n) is 10.3. The third-order valence-electron chi connectivity index (χ3n) is 2.45. The lowest BCUT2D eigenvalue weighted by molar-refractivity contribution is 0.128. The maximum Gasteiger partial charge on any atom is 0.135 e. The molecule has 1 atom stereocenters. The van der Waals surface area contributed by atoms with Crippen LogP contribution in [0.15, 0.2) is 6.33 Å². The van der Waals surface area contributed by atoms with Gasteiger partial charge in [-0.15, -0.1) is 0 Å². The number of hydrogen-bond donors (Lipinski definition) is 2. The molecule has 1 unspecified atom stereocenters. The van der Waals surface area contributed by atoms with E-state index in [4.69, 9.17) is 10.5 Å². The van der Waals surface area contributed by atoms with Crippen LogP contribution in [0.2, 0.25) is 0 Å². The largest absolute Gasteiger partial charge is 0.383 e. The zero-order chi connectivity index (χ0) is 12.1. The van der Waals surface area contributed by atoms with E-state index in [1.165, 1.54) is 6.33 Å². The average molecular weight is 224 g/mol. The SMILES string of the molecule is COC(C)CNc1ncnc(N)c1C(C)C. The molecule has 5 heteroatoms. The van der Waals surface area contributed by atoms with Crippen LogP contribution in [0.3, 0.4) is 0 Å². The summed E-state index contributed by atoms with van der Waals surface area (Å²) >= 11 is 0. The summed E-state index contributed by atoms with van der Waals surface area (Å²) in [5.74, 6) is 1.63. The quantitative estimate of drug-likeness (QED) is 0.795. The summed E-state index contributed by atoms with van der Waals surface area (Å²) in [6.45, 7) is 6.83. The monoisotopic (exact) mass is 224 g/mol. The van der Waals surface area contributed by atoms with Crippen LogP contribution in [0.1, 0.15) is 32.3 Å². The molecule has 16 heavy (non-hydrogen) atoms. The van der Waals surface area contributed by atoms with Crippen molar-refractivity contribution in [1.29, 1.82) is 0 Å². The normalized spacial score (nSPS) is 12.8. The molecule has 1 aromatic heterocycles. The van der Waals surface area contributed by atoms with Crippen LogP contribution in [0.4, 0.5) is 11.6 Å². The lowest BCUT2D eigenvalue weighted by atomic mass is 10.0. The molecule has 0 aliphatic heterocycles. The van der Waals surface area contributed by atoms with E-state index in [0.29, 0.717) is 18.3 Å². The molecule has 0 aliphatic carbocycles. The Hall–Kier alpha value is -1.36. The highest BCUT2D eigenvalue weighted by Crippen LogP contribution is 2.25. The molecule has 0 aromatic carbocycles. The van der Waals surface area contributed by atoms with Crippen molar-refractivity contribution in [3.05, 3.63) is 11.9 Å². The van der Waals surface area contributed by atoms with Gasteiger partial charge in [-0.05, 0) is 12.8 Å². The smallest absolute Gasteiger partial charge is 0.135 e. The van der Waals surface area contributed by atoms with Crippen molar-refractivity contribution in [2.24, 2.45) is 0 Å². The number of nitrogens with one attached hydrogen (secondary N) is 1. The number of methoxy groups -OCH3 is 1. The lowest BCUT2D eigenvalue weighted by Gasteiger charge is -2.16. The Morgan fingerprint density at radius 1 is 1.38 bits per heavy atom. The van der Waals surface area contributed by atoms with Gasteiger partial charge < -0.3 is 15.8 Å². The predicted molar refractivity (Wildman–Crippen MR) is 65.5 cm³/mol. The molecule has 0 spiro atoms. The van der Waals surface area contributed by atoms with Gasteiger partial charge in [-0.2, -0.15) is 0 Å². The van der Waals surface area contributed by atoms with Gasteiger partial charge in [0.25, 0.3) is 0 Å². The van der Waals surface area contributed by atoms with Crippen molar-refractivity contribution in [3.8, 4) is 0 Å². The maximum absolute atomic E-state index is 5.84. The number of ether oxygens (including phenoxy) is 1. The minimum atomic E-state index is 0.135. The van der Waals surface area contributed by atoms with Crippen LogP contribution < -0.4 is 11.1 Å². The molecule has 1 aromatic rings. The summed E-state index contributed by atoms with van der Waals surface area (Å²) < 4.78 is 5.17. The van der Waals surface area contributed by atoms with E-state index in [2.05, 4.69) is 29.1 Å². The van der Waals surface area contributed by atoms with E-state index in [-0.39, 0.29) is 6.10 Å². The van der Waals surface area contributed by atoms with E-state index < -0.39 is 0 Å². The van der Waals surface area contributed by atoms with Crippen LogP contribution in [-0.2, 0) is 4.74 Å². The first-order valence-electron chi connectivity index (χ1n) is 5.43. The summed E-state index contributed by atoms with van der Waals surface area (Å²) in [6.07, 6.45) is 1.61. The number of nitrogens with zero attached hydrogens (tertiary/aromatic N) is 2. The topological polar surface area (TPSA) is 73.1 Å². The molecule has 0 saturated heterocycles. The highest BCUT2D eigenvalue weighted by Gasteiger charge is 2.13. The Kier molecular flexibility index (Phi) is 4.49. The second kappa shape index (κ2) is 5.65. The third kappa shape index (κ3) is 3.06. The molecule has 0 saturated carbocycles. The minimum absolute atomic E-state index is 0.135. The first-order valence-corrected chi connectivity index (χ1v) is 5.43. The van der Waals surface area contributed by atoms with Crippen molar-refractivity contribution in [1.82, 2.24) is 9.97 Å². The highest BCUT2D eigenvalue weighted by atomic mass is 16.5. The minimum Gasteiger partial charge on any atom is -0.383 e. The summed E-state index contributed by atoms with van der Waals surface area (Å²) in [4.78, 5) is 8.21. The van der Waals surface area contributed by atoms with E-state index in [1.54, 1.807) is 7.11 Å². The van der Waals surface area contributed by atoms with Gasteiger partial charge in [0.1, 0.15) is 18.0 Å². The molecule has 0 aliphatic rings. The van der Waals surface area contributed by atoms with Gasteiger partial charge >= 0.3 is 0 Å². The summed E-state index contributed by atoms with van der Waals surface area (Å²) in [6, 6.07) is 0. The van der Waals surface area contributed by atoms with Crippen LogP contribution in [0.25, 0.3) is 0 Å². The fraction of sp³-hybridized carbons (Fsp3) is 0.636. The van der Waals surface area contributed by atoms with Gasteiger partial charge in [0, 0.05) is 19.2 Å². The first-order chi connectivity index (χ1) is 7.56. The number of anilines is 2. The predicted octanol–water partition coefficient (Wildman–Crippen LogP) is 1.63. The van der Waals surface area contributed by atoms with Crippen LogP contribution in [0, 0.1) is 0 Å². The van der Waals surface area contributed by atoms with Gasteiger partial charge in [-0.25, -0.2) is 9.97 Å². The number of nitrogen functional groups attached to an aromatic ring is 1. The summed E-state index contributed by atoms with van der Waals surface area (Å²) in [5.41, 5.74) is 6.80. The number of aromatic nitrogens is 2. The van der Waals surface area contributed by atoms with Gasteiger partial charge in [0.05, 0.1) is 6.10 Å². The summed E-state index contributed by atoms with van der Waals surface area (Å²) in [7, 11) is 1.68. The van der Waals surface area contributed by atoms with Crippen LogP contribution in [0.5, 0.6) is 0 Å². The molecule has 5 nitrogen and oxygen atoms in total. The third-order valence-corrected chi connectivity index (χ3v) is 2.45. The standard InChI is InChI=1S/C11H20N4O/c1-7(2)9-10(12)14-6-15-11(9)13-5-8(3)16-4/h6-8H,5H2,1-4H3,(H3,12,13,14,15). The Balaban J connectivity index is 2.83. The van der Waals surface area contributed by atoms with E-state index >= 15 is 0 Å². The number of nitrogens with two attached hydrogens (primary N) is 1. The molecule has 0 bridgehead atoms. The van der Waals surface area contributed by atoms with E-state index in [0.717, 1.165) is 11.4 Å². The number of hydrogen-bond acceptors (Lipinski definition) is 5. The molecule has 1 heterocycles. The van der Waals surface area contributed by atoms with Crippen molar-refractivity contribution in [3.63, 3.8) is 0 Å². The molecule has 0 amide bonds. The number of rotatable bonds is 5. The molecular formula is C11H20N4O. The fourth-order valence-electron chi connectivity index (χ4n) is 1.44. The Morgan fingerprint density at radius 2 is 2.06 bits per heavy atom. The fourth-order valence-corrected chi connectivity index (χ4v) is 1.44. The maximum atomic E-state index is 5.84. The Labute approximate surface area is 96.4 Å². The van der Waals surface area contributed by atoms with Crippen molar-refractivity contribution < 1.29 is 4.74 Å². The average Bonchev–Trinajstić information content (AvgIpc) is 2.25. The van der Waals surface area contributed by atoms with Crippen LogP contribution >= 0.6 is 0 Å². The van der Waals surface area contributed by atoms with Gasteiger partial charge in [0.15, 0.2) is 0 Å². The van der Waals surface area contributed by atoms with Gasteiger partial charge in [0.2, 0.25) is 0 Å². The van der Waals surface area contributed by atoms with Crippen molar-refractivity contribution in [2.75, 3.05) is 24.7 Å². The zero-order valence-corrected chi connectivity index (χ0v) is 10.3. The van der Waals surface area contributed by atoms with Gasteiger partial charge in [-0.3, -0.25) is 0 Å². The lowest BCUT2D eigenvalue weighted by Crippen LogP contribution is -2.20. The highest BCUT2D eigenvalue weighted by molar-refractivity contribution is 5.56. The van der Waals surface area contributed by atoms with Crippen molar-refractivity contribution >= 4 is 11.6 Å². The van der Waals surface area contributed by atoms with Crippen molar-refractivity contribution in [2.45, 2.75) is 32.8 Å². The van der Waals surface area contributed by atoms with Crippen LogP contribution in [-0.4, -0.2) is 29.7 Å². The van der Waals surface area contributed by atoms with E-state index in [1.807, 2.05) is 6.92 Å². The second-order valence-electron chi connectivity index (χ2n) is 4.10. The molecule has 90 valence electrons. The first kappa shape index (κ1) is 12.7. The Bertz CT molecular complexity index is 341. The molecule has 0 radical (unpaired) electrons. The second-order valence-corrected chi connectivity index (χ2v) is 4.10. The van der Waals surface area contributed by atoms with Gasteiger partial charge in [-0.1, -0.05) is 13.8 Å². The van der Waals surface area contributed by atoms with E-state index in [9.17, 15) is 0 Å². The molecular weight excluding hydrogens is 204 g/mol. The molecule has 1 rings (SSSR count). The summed E-state index contributed by atoms with van der Waals surface area (Å²) in [5, 5.41) is 3.23.